The number of aryl methyl sites for hydroxylation is 2. The van der Waals surface area contributed by atoms with Crippen LogP contribution in [0.25, 0.3) is 0 Å². The Hall–Kier alpha value is -3.15. The molecule has 1 atom stereocenters. The summed E-state index contributed by atoms with van der Waals surface area (Å²) in [6.07, 6.45) is 0.270. The van der Waals surface area contributed by atoms with E-state index in [9.17, 15) is 14.4 Å². The second kappa shape index (κ2) is 8.29. The molecule has 0 heterocycles. The number of hydrogen-bond donors (Lipinski definition) is 3. The summed E-state index contributed by atoms with van der Waals surface area (Å²) in [5.74, 6) is -1.72. The van der Waals surface area contributed by atoms with Gasteiger partial charge in [0.05, 0.1) is 6.42 Å². The average Bonchev–Trinajstić information content (AvgIpc) is 2.58. The Kier molecular flexibility index (Phi) is 6.11. The molecule has 0 bridgehead atoms. The van der Waals surface area contributed by atoms with Crippen molar-refractivity contribution in [1.29, 1.82) is 0 Å². The summed E-state index contributed by atoms with van der Waals surface area (Å²) >= 11 is 0. The zero-order valence-corrected chi connectivity index (χ0v) is 15.0. The van der Waals surface area contributed by atoms with Crippen LogP contribution in [0, 0.1) is 13.8 Å². The Morgan fingerprint density at radius 2 is 1.69 bits per heavy atom. The molecule has 3 N–H and O–H groups in total. The number of nitrogens with one attached hydrogen (secondary N) is 2. The normalized spacial score (nSPS) is 11.5. The molecular formula is C20H22N2O4. The number of carbonyl (C=O) groups excluding carboxylic acids is 2. The van der Waals surface area contributed by atoms with Crippen molar-refractivity contribution < 1.29 is 19.5 Å². The number of aliphatic carboxylic acids is 1. The van der Waals surface area contributed by atoms with E-state index < -0.39 is 17.9 Å². The van der Waals surface area contributed by atoms with E-state index >= 15 is 0 Å². The maximum absolute atomic E-state index is 12.2. The van der Waals surface area contributed by atoms with E-state index in [2.05, 4.69) is 10.6 Å². The summed E-state index contributed by atoms with van der Waals surface area (Å²) in [5.41, 5.74) is 4.03. The molecule has 0 aliphatic carbocycles. The topological polar surface area (TPSA) is 95.5 Å². The maximum atomic E-state index is 12.2. The third-order valence-corrected chi connectivity index (χ3v) is 4.00. The van der Waals surface area contributed by atoms with Gasteiger partial charge < -0.3 is 15.7 Å². The van der Waals surface area contributed by atoms with Crippen LogP contribution < -0.4 is 10.6 Å². The predicted molar refractivity (Wildman–Crippen MR) is 99.3 cm³/mol. The largest absolute Gasteiger partial charge is 0.480 e. The van der Waals surface area contributed by atoms with Gasteiger partial charge in [-0.2, -0.15) is 0 Å². The lowest BCUT2D eigenvalue weighted by molar-refractivity contribution is -0.138. The van der Waals surface area contributed by atoms with E-state index in [0.717, 1.165) is 16.7 Å². The molecule has 2 aromatic rings. The van der Waals surface area contributed by atoms with Crippen molar-refractivity contribution in [3.05, 3.63) is 64.7 Å². The lowest BCUT2D eigenvalue weighted by Gasteiger charge is -2.11. The molecule has 2 amide bonds. The molecule has 0 fully saturated rings. The Bertz CT molecular complexity index is 828. The van der Waals surface area contributed by atoms with Gasteiger partial charge in [0, 0.05) is 11.3 Å². The standard InChI is InChI=1S/C20H22N2O4/c1-12-4-5-13(2)16(10-12)11-18(23)22-17-8-6-15(7-9-17)19(24)21-14(3)20(25)26/h4-10,14H,11H2,1-3H3,(H,21,24)(H,22,23)(H,25,26). The highest BCUT2D eigenvalue weighted by Gasteiger charge is 2.15. The van der Waals surface area contributed by atoms with Crippen LogP contribution in [0.2, 0.25) is 0 Å². The molecule has 2 aromatic carbocycles. The molecule has 0 saturated heterocycles. The van der Waals surface area contributed by atoms with Crippen molar-refractivity contribution in [2.24, 2.45) is 0 Å². The zero-order chi connectivity index (χ0) is 19.3. The van der Waals surface area contributed by atoms with E-state index in [4.69, 9.17) is 5.11 Å². The second-order valence-electron chi connectivity index (χ2n) is 6.27. The predicted octanol–water partition coefficient (Wildman–Crippen LogP) is 2.69. The number of hydrogen-bond acceptors (Lipinski definition) is 3. The van der Waals surface area contributed by atoms with Crippen molar-refractivity contribution >= 4 is 23.5 Å². The molecule has 0 aliphatic rings. The quantitative estimate of drug-likeness (QED) is 0.743. The van der Waals surface area contributed by atoms with Crippen LogP contribution >= 0.6 is 0 Å². The summed E-state index contributed by atoms with van der Waals surface area (Å²) in [6, 6.07) is 11.3. The molecule has 136 valence electrons. The first-order chi connectivity index (χ1) is 12.3. The van der Waals surface area contributed by atoms with E-state index in [1.807, 2.05) is 32.0 Å². The number of benzene rings is 2. The Morgan fingerprint density at radius 3 is 2.31 bits per heavy atom. The van der Waals surface area contributed by atoms with E-state index in [-0.39, 0.29) is 12.3 Å². The van der Waals surface area contributed by atoms with Crippen molar-refractivity contribution in [3.8, 4) is 0 Å². The average molecular weight is 354 g/mol. The van der Waals surface area contributed by atoms with Gasteiger partial charge in [-0.1, -0.05) is 23.8 Å². The van der Waals surface area contributed by atoms with E-state index in [1.165, 1.54) is 19.1 Å². The van der Waals surface area contributed by atoms with E-state index in [0.29, 0.717) is 11.3 Å². The first-order valence-corrected chi connectivity index (χ1v) is 8.26. The molecule has 0 aliphatic heterocycles. The lowest BCUT2D eigenvalue weighted by atomic mass is 10.0. The number of anilines is 1. The maximum Gasteiger partial charge on any atom is 0.325 e. The van der Waals surface area contributed by atoms with Crippen molar-refractivity contribution in [2.45, 2.75) is 33.2 Å². The van der Waals surface area contributed by atoms with Crippen LogP contribution in [-0.4, -0.2) is 28.9 Å². The SMILES string of the molecule is Cc1ccc(C)c(CC(=O)Nc2ccc(C(=O)NC(C)C(=O)O)cc2)c1. The monoisotopic (exact) mass is 354 g/mol. The van der Waals surface area contributed by atoms with Gasteiger partial charge in [-0.3, -0.25) is 14.4 Å². The molecule has 0 spiro atoms. The molecule has 0 saturated carbocycles. The van der Waals surface area contributed by atoms with Crippen LogP contribution in [0.4, 0.5) is 5.69 Å². The van der Waals surface area contributed by atoms with Crippen molar-refractivity contribution in [1.82, 2.24) is 5.32 Å². The minimum atomic E-state index is -1.10. The molecule has 0 radical (unpaired) electrons. The third-order valence-electron chi connectivity index (χ3n) is 4.00. The summed E-state index contributed by atoms with van der Waals surface area (Å²) in [5, 5.41) is 14.0. The molecule has 1 unspecified atom stereocenters. The van der Waals surface area contributed by atoms with Crippen LogP contribution in [0.5, 0.6) is 0 Å². The summed E-state index contributed by atoms with van der Waals surface area (Å²) in [7, 11) is 0. The van der Waals surface area contributed by atoms with Crippen LogP contribution in [0.3, 0.4) is 0 Å². The highest BCUT2D eigenvalue weighted by atomic mass is 16.4. The summed E-state index contributed by atoms with van der Waals surface area (Å²) in [4.78, 5) is 34.9. The molecule has 6 nitrogen and oxygen atoms in total. The fourth-order valence-corrected chi connectivity index (χ4v) is 2.42. The van der Waals surface area contributed by atoms with Gasteiger partial charge in [0.15, 0.2) is 0 Å². The summed E-state index contributed by atoms with van der Waals surface area (Å²) in [6.45, 7) is 5.34. The number of carboxylic acid groups (broad SMARTS) is 1. The fourth-order valence-electron chi connectivity index (χ4n) is 2.42. The summed E-state index contributed by atoms with van der Waals surface area (Å²) < 4.78 is 0. The lowest BCUT2D eigenvalue weighted by Crippen LogP contribution is -2.38. The Labute approximate surface area is 152 Å². The van der Waals surface area contributed by atoms with Crippen molar-refractivity contribution in [2.75, 3.05) is 5.32 Å². The van der Waals surface area contributed by atoms with Gasteiger partial charge in [-0.15, -0.1) is 0 Å². The highest BCUT2D eigenvalue weighted by Crippen LogP contribution is 2.14. The minimum absolute atomic E-state index is 0.143. The Balaban J connectivity index is 1.98. The number of carboxylic acids is 1. The fraction of sp³-hybridized carbons (Fsp3) is 0.250. The molecule has 6 heteroatoms. The van der Waals surface area contributed by atoms with Gasteiger partial charge >= 0.3 is 5.97 Å². The first-order valence-electron chi connectivity index (χ1n) is 8.26. The first kappa shape index (κ1) is 19.2. The van der Waals surface area contributed by atoms with Crippen LogP contribution in [0.1, 0.15) is 34.0 Å². The van der Waals surface area contributed by atoms with Gasteiger partial charge in [0.2, 0.25) is 5.91 Å². The van der Waals surface area contributed by atoms with Gasteiger partial charge in [-0.05, 0) is 56.2 Å². The zero-order valence-electron chi connectivity index (χ0n) is 15.0. The van der Waals surface area contributed by atoms with Gasteiger partial charge in [0.25, 0.3) is 5.91 Å². The van der Waals surface area contributed by atoms with Gasteiger partial charge in [-0.25, -0.2) is 0 Å². The molecular weight excluding hydrogens is 332 g/mol. The second-order valence-corrected chi connectivity index (χ2v) is 6.27. The molecule has 2 rings (SSSR count). The number of carbonyl (C=O) groups is 3. The van der Waals surface area contributed by atoms with Crippen molar-refractivity contribution in [3.63, 3.8) is 0 Å². The van der Waals surface area contributed by atoms with Gasteiger partial charge in [0.1, 0.15) is 6.04 Å². The Morgan fingerprint density at radius 1 is 1.04 bits per heavy atom. The smallest absolute Gasteiger partial charge is 0.325 e. The minimum Gasteiger partial charge on any atom is -0.480 e. The molecule has 0 aromatic heterocycles. The highest BCUT2D eigenvalue weighted by molar-refractivity contribution is 5.97. The molecule has 26 heavy (non-hydrogen) atoms. The third kappa shape index (κ3) is 5.17. The number of amides is 2. The van der Waals surface area contributed by atoms with E-state index in [1.54, 1.807) is 12.1 Å². The number of rotatable bonds is 6. The van der Waals surface area contributed by atoms with Crippen LogP contribution in [-0.2, 0) is 16.0 Å². The van der Waals surface area contributed by atoms with Crippen LogP contribution in [0.15, 0.2) is 42.5 Å².